The third-order valence-corrected chi connectivity index (χ3v) is 1.89. The molecule has 1 rings (SSSR count). The van der Waals surface area contributed by atoms with E-state index in [1.54, 1.807) is 13.8 Å². The molecule has 0 aliphatic carbocycles. The molecule has 1 aromatic rings. The van der Waals surface area contributed by atoms with Crippen LogP contribution in [-0.2, 0) is 4.79 Å². The van der Waals surface area contributed by atoms with Crippen LogP contribution >= 0.6 is 0 Å². The highest BCUT2D eigenvalue weighted by atomic mass is 16.4. The SMILES string of the molecule is CC(C)N(CC(=O)O)c1ncc[nH]c1=O. The number of H-pyrrole nitrogens is 1. The molecule has 0 spiro atoms. The number of carbonyl (C=O) groups is 1. The van der Waals surface area contributed by atoms with Crippen LogP contribution in [0.15, 0.2) is 17.2 Å². The topological polar surface area (TPSA) is 86.3 Å². The minimum Gasteiger partial charge on any atom is -0.480 e. The fourth-order valence-corrected chi connectivity index (χ4v) is 1.20. The van der Waals surface area contributed by atoms with Crippen LogP contribution in [0.3, 0.4) is 0 Å². The van der Waals surface area contributed by atoms with Crippen molar-refractivity contribution in [3.63, 3.8) is 0 Å². The number of hydrogen-bond acceptors (Lipinski definition) is 4. The van der Waals surface area contributed by atoms with Gasteiger partial charge < -0.3 is 15.0 Å². The van der Waals surface area contributed by atoms with E-state index in [-0.39, 0.29) is 24.0 Å². The van der Waals surface area contributed by atoms with Gasteiger partial charge in [0.2, 0.25) is 0 Å². The molecular weight excluding hydrogens is 198 g/mol. The monoisotopic (exact) mass is 211 g/mol. The van der Waals surface area contributed by atoms with Gasteiger partial charge in [-0.1, -0.05) is 0 Å². The van der Waals surface area contributed by atoms with E-state index < -0.39 is 5.97 Å². The minimum atomic E-state index is -0.992. The number of carboxylic acids is 1. The van der Waals surface area contributed by atoms with E-state index in [1.165, 1.54) is 17.3 Å². The van der Waals surface area contributed by atoms with Crippen LogP contribution in [0, 0.1) is 0 Å². The summed E-state index contributed by atoms with van der Waals surface area (Å²) in [5, 5.41) is 8.70. The second-order valence-electron chi connectivity index (χ2n) is 3.36. The summed E-state index contributed by atoms with van der Waals surface area (Å²) in [5.41, 5.74) is -0.382. The Morgan fingerprint density at radius 2 is 2.33 bits per heavy atom. The van der Waals surface area contributed by atoms with Crippen molar-refractivity contribution in [3.05, 3.63) is 22.7 Å². The fraction of sp³-hybridized carbons (Fsp3) is 0.444. The zero-order chi connectivity index (χ0) is 11.4. The highest BCUT2D eigenvalue weighted by Gasteiger charge is 2.17. The smallest absolute Gasteiger partial charge is 0.323 e. The number of nitrogens with zero attached hydrogens (tertiary/aromatic N) is 2. The van der Waals surface area contributed by atoms with Crippen molar-refractivity contribution in [2.75, 3.05) is 11.4 Å². The van der Waals surface area contributed by atoms with Gasteiger partial charge in [-0.05, 0) is 13.8 Å². The number of hydrogen-bond donors (Lipinski definition) is 2. The average molecular weight is 211 g/mol. The number of aliphatic carboxylic acids is 1. The first-order valence-electron chi connectivity index (χ1n) is 4.54. The third kappa shape index (κ3) is 2.80. The van der Waals surface area contributed by atoms with Crippen molar-refractivity contribution >= 4 is 11.8 Å². The van der Waals surface area contributed by atoms with Crippen LogP contribution in [-0.4, -0.2) is 33.6 Å². The van der Waals surface area contributed by atoms with E-state index in [4.69, 9.17) is 5.11 Å². The zero-order valence-corrected chi connectivity index (χ0v) is 8.60. The maximum absolute atomic E-state index is 11.4. The van der Waals surface area contributed by atoms with E-state index in [1.807, 2.05) is 0 Å². The molecule has 0 saturated carbocycles. The largest absolute Gasteiger partial charge is 0.480 e. The summed E-state index contributed by atoms with van der Waals surface area (Å²) in [7, 11) is 0. The van der Waals surface area contributed by atoms with Gasteiger partial charge in [0.15, 0.2) is 5.82 Å². The lowest BCUT2D eigenvalue weighted by atomic mass is 10.3. The Balaban J connectivity index is 3.04. The Morgan fingerprint density at radius 3 is 2.80 bits per heavy atom. The third-order valence-electron chi connectivity index (χ3n) is 1.89. The molecule has 0 atom stereocenters. The molecule has 0 aliphatic heterocycles. The summed E-state index contributed by atoms with van der Waals surface area (Å²) >= 11 is 0. The van der Waals surface area contributed by atoms with Crippen molar-refractivity contribution in [3.8, 4) is 0 Å². The maximum Gasteiger partial charge on any atom is 0.323 e. The van der Waals surface area contributed by atoms with Gasteiger partial charge in [-0.25, -0.2) is 4.98 Å². The molecule has 0 saturated heterocycles. The first-order valence-corrected chi connectivity index (χ1v) is 4.54. The Labute approximate surface area is 86.6 Å². The Kier molecular flexibility index (Phi) is 3.43. The molecule has 0 unspecified atom stereocenters. The lowest BCUT2D eigenvalue weighted by Crippen LogP contribution is -2.39. The molecule has 6 nitrogen and oxygen atoms in total. The summed E-state index contributed by atoms with van der Waals surface area (Å²) < 4.78 is 0. The summed E-state index contributed by atoms with van der Waals surface area (Å²) in [6, 6.07) is -0.0999. The van der Waals surface area contributed by atoms with Crippen LogP contribution in [0.25, 0.3) is 0 Å². The van der Waals surface area contributed by atoms with Crippen molar-refractivity contribution in [1.29, 1.82) is 0 Å². The highest BCUT2D eigenvalue weighted by molar-refractivity contribution is 5.73. The van der Waals surface area contributed by atoms with E-state index in [0.717, 1.165) is 0 Å². The molecule has 0 bridgehead atoms. The first kappa shape index (κ1) is 11.2. The molecule has 1 heterocycles. The molecule has 6 heteroatoms. The summed E-state index contributed by atoms with van der Waals surface area (Å²) in [4.78, 5) is 29.8. The molecular formula is C9H13N3O3. The highest BCUT2D eigenvalue weighted by Crippen LogP contribution is 2.06. The van der Waals surface area contributed by atoms with Crippen molar-refractivity contribution in [2.24, 2.45) is 0 Å². The summed E-state index contributed by atoms with van der Waals surface area (Å²) in [5.74, 6) is -0.858. The first-order chi connectivity index (χ1) is 7.02. The quantitative estimate of drug-likeness (QED) is 0.736. The molecule has 0 fully saturated rings. The van der Waals surface area contributed by atoms with E-state index in [0.29, 0.717) is 0 Å². The van der Waals surface area contributed by atoms with Gasteiger partial charge in [0.25, 0.3) is 5.56 Å². The average Bonchev–Trinajstić information content (AvgIpc) is 2.15. The van der Waals surface area contributed by atoms with Crippen molar-refractivity contribution in [1.82, 2.24) is 9.97 Å². The molecule has 15 heavy (non-hydrogen) atoms. The maximum atomic E-state index is 11.4. The number of rotatable bonds is 4. The Morgan fingerprint density at radius 1 is 1.67 bits per heavy atom. The van der Waals surface area contributed by atoms with E-state index >= 15 is 0 Å². The van der Waals surface area contributed by atoms with E-state index in [2.05, 4.69) is 9.97 Å². The molecule has 2 N–H and O–H groups in total. The van der Waals surface area contributed by atoms with Crippen LogP contribution in [0.4, 0.5) is 5.82 Å². The Bertz CT molecular complexity index is 400. The lowest BCUT2D eigenvalue weighted by Gasteiger charge is -2.24. The molecule has 0 aliphatic rings. The lowest BCUT2D eigenvalue weighted by molar-refractivity contribution is -0.135. The van der Waals surface area contributed by atoms with Gasteiger partial charge in [0, 0.05) is 18.4 Å². The van der Waals surface area contributed by atoms with Crippen molar-refractivity contribution in [2.45, 2.75) is 19.9 Å². The molecule has 0 radical (unpaired) electrons. The van der Waals surface area contributed by atoms with Gasteiger partial charge in [0.05, 0.1) is 0 Å². The van der Waals surface area contributed by atoms with Crippen molar-refractivity contribution < 1.29 is 9.90 Å². The number of carboxylic acid groups (broad SMARTS) is 1. The second-order valence-corrected chi connectivity index (χ2v) is 3.36. The van der Waals surface area contributed by atoms with Gasteiger partial charge in [-0.2, -0.15) is 0 Å². The second kappa shape index (κ2) is 4.59. The van der Waals surface area contributed by atoms with E-state index in [9.17, 15) is 9.59 Å². The number of anilines is 1. The molecule has 82 valence electrons. The predicted octanol–water partition coefficient (Wildman–Crippen LogP) is 0.0693. The van der Waals surface area contributed by atoms with Crippen LogP contribution < -0.4 is 10.5 Å². The minimum absolute atomic E-state index is 0.0999. The Hall–Kier alpha value is -1.85. The summed E-state index contributed by atoms with van der Waals surface area (Å²) in [6.07, 6.45) is 2.83. The van der Waals surface area contributed by atoms with Gasteiger partial charge in [-0.15, -0.1) is 0 Å². The number of aromatic amines is 1. The molecule has 0 aromatic carbocycles. The predicted molar refractivity (Wildman–Crippen MR) is 55.0 cm³/mol. The number of aromatic nitrogens is 2. The van der Waals surface area contributed by atoms with Crippen LogP contribution in [0.1, 0.15) is 13.8 Å². The van der Waals surface area contributed by atoms with Crippen LogP contribution in [0.5, 0.6) is 0 Å². The normalized spacial score (nSPS) is 10.3. The van der Waals surface area contributed by atoms with Gasteiger partial charge >= 0.3 is 5.97 Å². The van der Waals surface area contributed by atoms with Gasteiger partial charge in [-0.3, -0.25) is 9.59 Å². The number of nitrogens with one attached hydrogen (secondary N) is 1. The molecule has 0 amide bonds. The van der Waals surface area contributed by atoms with Gasteiger partial charge in [0.1, 0.15) is 6.54 Å². The summed E-state index contributed by atoms with van der Waals surface area (Å²) in [6.45, 7) is 3.37. The molecule has 1 aromatic heterocycles. The standard InChI is InChI=1S/C9H13N3O3/c1-6(2)12(5-7(13)14)8-9(15)11-4-3-10-8/h3-4,6H,5H2,1-2H3,(H,11,15)(H,13,14). The fourth-order valence-electron chi connectivity index (χ4n) is 1.20. The van der Waals surface area contributed by atoms with Crippen LogP contribution in [0.2, 0.25) is 0 Å². The zero-order valence-electron chi connectivity index (χ0n) is 8.60.